The summed E-state index contributed by atoms with van der Waals surface area (Å²) < 4.78 is 5.81. The fourth-order valence-corrected chi connectivity index (χ4v) is 9.90. The van der Waals surface area contributed by atoms with Gasteiger partial charge in [-0.2, -0.15) is 0 Å². The average Bonchev–Trinajstić information content (AvgIpc) is 3.07. The molecule has 0 radical (unpaired) electrons. The zero-order chi connectivity index (χ0) is 26.0. The van der Waals surface area contributed by atoms with Gasteiger partial charge in [-0.15, -0.1) is 0 Å². The lowest BCUT2D eigenvalue weighted by molar-refractivity contribution is -0.181. The molecule has 4 heteroatoms. The van der Waals surface area contributed by atoms with Crippen molar-refractivity contribution in [2.45, 2.75) is 119 Å². The molecular weight excluding hydrogens is 436 g/mol. The molecule has 0 spiro atoms. The molecular formula is C31H48O4. The number of allylic oxidation sites excluding steroid dienone is 2. The van der Waals surface area contributed by atoms with Crippen molar-refractivity contribution in [2.75, 3.05) is 0 Å². The van der Waals surface area contributed by atoms with Crippen LogP contribution in [-0.4, -0.2) is 24.1 Å². The maximum Gasteiger partial charge on any atom is 0.302 e. The van der Waals surface area contributed by atoms with Crippen LogP contribution in [0.25, 0.3) is 0 Å². The summed E-state index contributed by atoms with van der Waals surface area (Å²) in [7, 11) is 0. The summed E-state index contributed by atoms with van der Waals surface area (Å²) in [5.41, 5.74) is 2.01. The third kappa shape index (κ3) is 4.06. The molecule has 4 aliphatic rings. The molecule has 0 amide bonds. The first-order valence-electron chi connectivity index (χ1n) is 14.2. The quantitative estimate of drug-likeness (QED) is 0.308. The highest BCUT2D eigenvalue weighted by Crippen LogP contribution is 2.67. The van der Waals surface area contributed by atoms with Crippen molar-refractivity contribution < 1.29 is 19.1 Å². The summed E-state index contributed by atoms with van der Waals surface area (Å²) in [6.07, 6.45) is 9.90. The lowest BCUT2D eigenvalue weighted by atomic mass is 9.43. The van der Waals surface area contributed by atoms with Gasteiger partial charge < -0.3 is 9.53 Å². The Bertz CT molecular complexity index is 928. The third-order valence-electron chi connectivity index (χ3n) is 11.2. The summed E-state index contributed by atoms with van der Waals surface area (Å²) in [6.45, 7) is 17.6. The minimum Gasteiger partial charge on any atom is -0.462 e. The Morgan fingerprint density at radius 2 is 1.71 bits per heavy atom. The molecule has 4 rings (SSSR count). The summed E-state index contributed by atoms with van der Waals surface area (Å²) >= 11 is 0. The fourth-order valence-electron chi connectivity index (χ4n) is 9.90. The van der Waals surface area contributed by atoms with Gasteiger partial charge in [0.25, 0.3) is 0 Å². The van der Waals surface area contributed by atoms with Crippen LogP contribution in [0.2, 0.25) is 0 Å². The van der Waals surface area contributed by atoms with Gasteiger partial charge in [-0.1, -0.05) is 48.5 Å². The van der Waals surface area contributed by atoms with Gasteiger partial charge in [0.2, 0.25) is 0 Å². The molecule has 0 aromatic carbocycles. The average molecular weight is 485 g/mol. The number of hydrogen-bond acceptors (Lipinski definition) is 4. The number of carbonyl (C=O) groups is 3. The van der Waals surface area contributed by atoms with Crippen LogP contribution in [0.1, 0.15) is 113 Å². The first kappa shape index (κ1) is 26.6. The number of rotatable bonds is 5. The Balaban J connectivity index is 1.67. The number of hydrogen-bond donors (Lipinski definition) is 0. The monoisotopic (exact) mass is 484 g/mol. The van der Waals surface area contributed by atoms with Crippen molar-refractivity contribution in [1.29, 1.82) is 0 Å². The lowest BCUT2D eigenvalue weighted by Gasteiger charge is -2.62. The first-order valence-corrected chi connectivity index (χ1v) is 14.2. The van der Waals surface area contributed by atoms with Gasteiger partial charge in [0.1, 0.15) is 12.4 Å². The summed E-state index contributed by atoms with van der Waals surface area (Å²) in [5.74, 6) is 1.56. The number of esters is 1. The number of aldehydes is 1. The highest BCUT2D eigenvalue weighted by Gasteiger charge is 2.61. The Morgan fingerprint density at radius 3 is 2.29 bits per heavy atom. The Kier molecular flexibility index (Phi) is 6.72. The molecule has 4 nitrogen and oxygen atoms in total. The van der Waals surface area contributed by atoms with Gasteiger partial charge in [-0.25, -0.2) is 0 Å². The molecule has 196 valence electrons. The van der Waals surface area contributed by atoms with Gasteiger partial charge in [0.15, 0.2) is 5.78 Å². The molecule has 3 fully saturated rings. The number of carbonyl (C=O) groups excluding carboxylic acids is 3. The molecule has 4 aliphatic carbocycles. The van der Waals surface area contributed by atoms with Gasteiger partial charge in [-0.05, 0) is 97.0 Å². The van der Waals surface area contributed by atoms with Crippen LogP contribution in [0.15, 0.2) is 11.1 Å². The van der Waals surface area contributed by atoms with E-state index in [1.807, 2.05) is 0 Å². The van der Waals surface area contributed by atoms with Gasteiger partial charge in [-0.3, -0.25) is 9.59 Å². The molecule has 0 saturated heterocycles. The standard InChI is InChI=1S/C31H48O4/c1-9-21-22(10-15-31(18-32)16-23(34)26(19(2)3)27(21)31)29(7)13-11-24-28(5,6)25(35-20(4)33)12-14-30(24,8)17-29/h18-19,21-22,24-25H,9-17H2,1-8H3. The Morgan fingerprint density at radius 1 is 1.06 bits per heavy atom. The molecule has 0 aromatic heterocycles. The van der Waals surface area contributed by atoms with Crippen LogP contribution in [-0.2, 0) is 19.1 Å². The second-order valence-corrected chi connectivity index (χ2v) is 14.1. The van der Waals surface area contributed by atoms with Crippen LogP contribution < -0.4 is 0 Å². The van der Waals surface area contributed by atoms with Crippen molar-refractivity contribution in [3.63, 3.8) is 0 Å². The molecule has 0 bridgehead atoms. The zero-order valence-corrected chi connectivity index (χ0v) is 23.5. The van der Waals surface area contributed by atoms with E-state index in [-0.39, 0.29) is 40.0 Å². The van der Waals surface area contributed by atoms with Crippen molar-refractivity contribution in [3.05, 3.63) is 11.1 Å². The van der Waals surface area contributed by atoms with Crippen molar-refractivity contribution in [3.8, 4) is 0 Å². The number of Topliss-reactive ketones (excluding diaryl/α,β-unsaturated/α-hetero) is 1. The highest BCUT2D eigenvalue weighted by molar-refractivity contribution is 6.03. The maximum atomic E-state index is 13.1. The SMILES string of the molecule is CCC1C2=C(C(C)C)C(=O)CC2(C=O)CCC1C1(C)CCC2C(C)(CCC(OC(C)=O)C2(C)C)C1. The predicted molar refractivity (Wildman–Crippen MR) is 139 cm³/mol. The summed E-state index contributed by atoms with van der Waals surface area (Å²) in [6, 6.07) is 0. The molecule has 0 aromatic rings. The Labute approximate surface area is 213 Å². The topological polar surface area (TPSA) is 60.4 Å². The number of fused-ring (bicyclic) bond motifs is 2. The number of ether oxygens (including phenoxy) is 1. The van der Waals surface area contributed by atoms with E-state index >= 15 is 0 Å². The van der Waals surface area contributed by atoms with E-state index < -0.39 is 5.41 Å². The first-order chi connectivity index (χ1) is 16.2. The Hall–Kier alpha value is -1.45. The molecule has 0 heterocycles. The van der Waals surface area contributed by atoms with Crippen molar-refractivity contribution in [2.24, 2.45) is 45.3 Å². The largest absolute Gasteiger partial charge is 0.462 e. The van der Waals surface area contributed by atoms with E-state index in [4.69, 9.17) is 4.74 Å². The predicted octanol–water partition coefficient (Wildman–Crippen LogP) is 7.10. The molecule has 0 N–H and O–H groups in total. The maximum absolute atomic E-state index is 13.1. The van der Waals surface area contributed by atoms with E-state index in [0.29, 0.717) is 24.2 Å². The van der Waals surface area contributed by atoms with Crippen LogP contribution >= 0.6 is 0 Å². The van der Waals surface area contributed by atoms with E-state index in [9.17, 15) is 14.4 Å². The van der Waals surface area contributed by atoms with Crippen LogP contribution in [0.5, 0.6) is 0 Å². The van der Waals surface area contributed by atoms with Gasteiger partial charge in [0.05, 0.1) is 5.41 Å². The van der Waals surface area contributed by atoms with E-state index in [2.05, 4.69) is 48.5 Å². The van der Waals surface area contributed by atoms with E-state index in [0.717, 1.165) is 56.8 Å². The summed E-state index contributed by atoms with van der Waals surface area (Å²) in [5, 5.41) is 0. The second kappa shape index (κ2) is 8.84. The number of ketones is 1. The molecule has 7 atom stereocenters. The highest BCUT2D eigenvalue weighted by atomic mass is 16.5. The van der Waals surface area contributed by atoms with Gasteiger partial charge >= 0.3 is 5.97 Å². The normalized spacial score (nSPS) is 43.1. The van der Waals surface area contributed by atoms with Crippen molar-refractivity contribution >= 4 is 18.0 Å². The molecule has 35 heavy (non-hydrogen) atoms. The zero-order valence-electron chi connectivity index (χ0n) is 23.5. The minimum absolute atomic E-state index is 0.00281. The molecule has 0 aliphatic heterocycles. The third-order valence-corrected chi connectivity index (χ3v) is 11.2. The smallest absolute Gasteiger partial charge is 0.302 e. The molecule has 3 saturated carbocycles. The van der Waals surface area contributed by atoms with Crippen LogP contribution in [0.4, 0.5) is 0 Å². The summed E-state index contributed by atoms with van der Waals surface area (Å²) in [4.78, 5) is 37.4. The fraction of sp³-hybridized carbons (Fsp3) is 0.839. The van der Waals surface area contributed by atoms with Crippen LogP contribution in [0, 0.1) is 45.3 Å². The van der Waals surface area contributed by atoms with Gasteiger partial charge in [0, 0.05) is 18.8 Å². The minimum atomic E-state index is -0.546. The lowest BCUT2D eigenvalue weighted by Crippen LogP contribution is -2.56. The van der Waals surface area contributed by atoms with Crippen molar-refractivity contribution in [1.82, 2.24) is 0 Å². The van der Waals surface area contributed by atoms with Crippen LogP contribution in [0.3, 0.4) is 0 Å². The molecule has 7 unspecified atom stereocenters. The van der Waals surface area contributed by atoms with E-state index in [1.165, 1.54) is 18.9 Å². The second-order valence-electron chi connectivity index (χ2n) is 14.1. The van der Waals surface area contributed by atoms with E-state index in [1.54, 1.807) is 0 Å².